The van der Waals surface area contributed by atoms with Crippen LogP contribution in [0.25, 0.3) is 0 Å². The van der Waals surface area contributed by atoms with Crippen LogP contribution >= 0.6 is 0 Å². The molecule has 0 aromatic rings. The lowest BCUT2D eigenvalue weighted by Crippen LogP contribution is -2.61. The molecule has 0 aromatic carbocycles. The lowest BCUT2D eigenvalue weighted by atomic mass is 9.78. The first kappa shape index (κ1) is 10.0. The molecule has 72 valence electrons. The van der Waals surface area contributed by atoms with Crippen molar-refractivity contribution in [1.29, 1.82) is 0 Å². The SMILES string of the molecule is CN(C)C1(CC(C)(C)C)COC1. The maximum absolute atomic E-state index is 5.30. The van der Waals surface area contributed by atoms with E-state index in [0.717, 1.165) is 13.2 Å². The Morgan fingerprint density at radius 2 is 1.75 bits per heavy atom. The van der Waals surface area contributed by atoms with Crippen molar-refractivity contribution < 1.29 is 4.74 Å². The zero-order valence-electron chi connectivity index (χ0n) is 8.98. The summed E-state index contributed by atoms with van der Waals surface area (Å²) >= 11 is 0. The topological polar surface area (TPSA) is 12.5 Å². The van der Waals surface area contributed by atoms with E-state index in [4.69, 9.17) is 4.74 Å². The molecule has 0 spiro atoms. The molecule has 0 N–H and O–H groups in total. The number of hydrogen-bond donors (Lipinski definition) is 0. The molecule has 0 aromatic heterocycles. The van der Waals surface area contributed by atoms with Gasteiger partial charge in [0.1, 0.15) is 0 Å². The van der Waals surface area contributed by atoms with E-state index in [1.165, 1.54) is 6.42 Å². The Bertz CT molecular complexity index is 154. The van der Waals surface area contributed by atoms with Crippen LogP contribution in [0.1, 0.15) is 27.2 Å². The average Bonchev–Trinajstić information content (AvgIpc) is 1.75. The van der Waals surface area contributed by atoms with Crippen molar-refractivity contribution in [2.75, 3.05) is 27.3 Å². The first-order chi connectivity index (χ1) is 5.36. The van der Waals surface area contributed by atoms with Gasteiger partial charge in [-0.05, 0) is 25.9 Å². The third-order valence-corrected chi connectivity index (χ3v) is 2.55. The smallest absolute Gasteiger partial charge is 0.0678 e. The molecule has 1 saturated heterocycles. The van der Waals surface area contributed by atoms with Gasteiger partial charge in [0.15, 0.2) is 0 Å². The molecule has 0 amide bonds. The number of nitrogens with zero attached hydrogens (tertiary/aromatic N) is 1. The van der Waals surface area contributed by atoms with Crippen LogP contribution in [0.2, 0.25) is 0 Å². The molecular weight excluding hydrogens is 150 g/mol. The summed E-state index contributed by atoms with van der Waals surface area (Å²) in [6, 6.07) is 0. The van der Waals surface area contributed by atoms with Gasteiger partial charge >= 0.3 is 0 Å². The van der Waals surface area contributed by atoms with Crippen molar-refractivity contribution in [2.45, 2.75) is 32.7 Å². The van der Waals surface area contributed by atoms with Gasteiger partial charge in [-0.25, -0.2) is 0 Å². The van der Waals surface area contributed by atoms with Crippen LogP contribution in [0.4, 0.5) is 0 Å². The predicted octanol–water partition coefficient (Wildman–Crippen LogP) is 1.75. The van der Waals surface area contributed by atoms with E-state index < -0.39 is 0 Å². The van der Waals surface area contributed by atoms with E-state index in [1.54, 1.807) is 0 Å². The van der Waals surface area contributed by atoms with Crippen molar-refractivity contribution in [3.63, 3.8) is 0 Å². The third kappa shape index (κ3) is 1.99. The van der Waals surface area contributed by atoms with Crippen LogP contribution in [0, 0.1) is 5.41 Å². The summed E-state index contributed by atoms with van der Waals surface area (Å²) in [6.07, 6.45) is 1.22. The molecule has 1 heterocycles. The molecule has 0 atom stereocenters. The molecule has 1 aliphatic heterocycles. The monoisotopic (exact) mass is 171 g/mol. The Morgan fingerprint density at radius 3 is 1.83 bits per heavy atom. The minimum absolute atomic E-state index is 0.318. The molecule has 0 aliphatic carbocycles. The Kier molecular flexibility index (Phi) is 2.50. The normalized spacial score (nSPS) is 22.5. The van der Waals surface area contributed by atoms with Crippen LogP contribution in [0.15, 0.2) is 0 Å². The van der Waals surface area contributed by atoms with Gasteiger partial charge < -0.3 is 4.74 Å². The Balaban J connectivity index is 2.57. The molecular formula is C10H21NO. The van der Waals surface area contributed by atoms with E-state index in [9.17, 15) is 0 Å². The Labute approximate surface area is 75.9 Å². The first-order valence-electron chi connectivity index (χ1n) is 4.61. The van der Waals surface area contributed by atoms with E-state index in [-0.39, 0.29) is 0 Å². The number of ether oxygens (including phenoxy) is 1. The number of rotatable bonds is 2. The third-order valence-electron chi connectivity index (χ3n) is 2.55. The van der Waals surface area contributed by atoms with Crippen molar-refractivity contribution in [1.82, 2.24) is 4.90 Å². The summed E-state index contributed by atoms with van der Waals surface area (Å²) in [5.41, 5.74) is 0.715. The van der Waals surface area contributed by atoms with Gasteiger partial charge in [-0.2, -0.15) is 0 Å². The summed E-state index contributed by atoms with van der Waals surface area (Å²) in [5, 5.41) is 0. The molecule has 0 radical (unpaired) electrons. The highest BCUT2D eigenvalue weighted by Gasteiger charge is 2.43. The van der Waals surface area contributed by atoms with E-state index in [2.05, 4.69) is 39.8 Å². The number of hydrogen-bond acceptors (Lipinski definition) is 2. The van der Waals surface area contributed by atoms with E-state index in [0.29, 0.717) is 11.0 Å². The highest BCUT2D eigenvalue weighted by atomic mass is 16.5. The molecule has 0 saturated carbocycles. The fourth-order valence-electron chi connectivity index (χ4n) is 1.84. The highest BCUT2D eigenvalue weighted by molar-refractivity contribution is 4.96. The summed E-state index contributed by atoms with van der Waals surface area (Å²) in [7, 11) is 4.29. The lowest BCUT2D eigenvalue weighted by Gasteiger charge is -2.49. The summed E-state index contributed by atoms with van der Waals surface area (Å²) in [6.45, 7) is 8.66. The van der Waals surface area contributed by atoms with Crippen LogP contribution in [-0.4, -0.2) is 37.7 Å². The first-order valence-corrected chi connectivity index (χ1v) is 4.61. The molecule has 1 fully saturated rings. The van der Waals surface area contributed by atoms with Crippen LogP contribution in [-0.2, 0) is 4.74 Å². The predicted molar refractivity (Wildman–Crippen MR) is 51.3 cm³/mol. The van der Waals surface area contributed by atoms with Gasteiger partial charge in [-0.15, -0.1) is 0 Å². The molecule has 1 rings (SSSR count). The van der Waals surface area contributed by atoms with Crippen molar-refractivity contribution in [3.8, 4) is 0 Å². The molecule has 0 unspecified atom stereocenters. The van der Waals surface area contributed by atoms with Crippen LogP contribution in [0.3, 0.4) is 0 Å². The summed E-state index contributed by atoms with van der Waals surface area (Å²) < 4.78 is 5.30. The van der Waals surface area contributed by atoms with E-state index >= 15 is 0 Å². The zero-order chi connectivity index (χ0) is 9.41. The quantitative estimate of drug-likeness (QED) is 0.627. The Morgan fingerprint density at radius 1 is 1.25 bits per heavy atom. The average molecular weight is 171 g/mol. The van der Waals surface area contributed by atoms with Gasteiger partial charge in [0.2, 0.25) is 0 Å². The molecule has 2 heteroatoms. The summed E-state index contributed by atoms with van der Waals surface area (Å²) in [4.78, 5) is 2.31. The van der Waals surface area contributed by atoms with Crippen molar-refractivity contribution in [3.05, 3.63) is 0 Å². The van der Waals surface area contributed by atoms with Crippen LogP contribution < -0.4 is 0 Å². The van der Waals surface area contributed by atoms with Crippen molar-refractivity contribution in [2.24, 2.45) is 5.41 Å². The Hall–Kier alpha value is -0.0800. The maximum atomic E-state index is 5.30. The van der Waals surface area contributed by atoms with Gasteiger partial charge in [-0.1, -0.05) is 20.8 Å². The maximum Gasteiger partial charge on any atom is 0.0678 e. The minimum Gasteiger partial charge on any atom is -0.377 e. The highest BCUT2D eigenvalue weighted by Crippen LogP contribution is 2.35. The molecule has 12 heavy (non-hydrogen) atoms. The van der Waals surface area contributed by atoms with Gasteiger partial charge in [-0.3, -0.25) is 4.90 Å². The molecule has 0 bridgehead atoms. The van der Waals surface area contributed by atoms with Crippen molar-refractivity contribution >= 4 is 0 Å². The fraction of sp³-hybridized carbons (Fsp3) is 1.00. The fourth-order valence-corrected chi connectivity index (χ4v) is 1.84. The summed E-state index contributed by atoms with van der Waals surface area (Å²) in [5.74, 6) is 0. The second-order valence-corrected chi connectivity index (χ2v) is 5.35. The lowest BCUT2D eigenvalue weighted by molar-refractivity contribution is -0.140. The second kappa shape index (κ2) is 3.00. The van der Waals surface area contributed by atoms with Gasteiger partial charge in [0.05, 0.1) is 18.8 Å². The van der Waals surface area contributed by atoms with Crippen LogP contribution in [0.5, 0.6) is 0 Å². The second-order valence-electron chi connectivity index (χ2n) is 5.35. The number of likely N-dealkylation sites (N-methyl/N-ethyl adjacent to an activating group) is 1. The van der Waals surface area contributed by atoms with Gasteiger partial charge in [0, 0.05) is 0 Å². The largest absolute Gasteiger partial charge is 0.377 e. The minimum atomic E-state index is 0.318. The zero-order valence-corrected chi connectivity index (χ0v) is 8.98. The standard InChI is InChI=1S/C10H21NO/c1-9(2,3)6-10(11(4)5)7-12-8-10/h6-8H2,1-5H3. The van der Waals surface area contributed by atoms with E-state index in [1.807, 2.05) is 0 Å². The molecule has 2 nitrogen and oxygen atoms in total. The van der Waals surface area contributed by atoms with Gasteiger partial charge in [0.25, 0.3) is 0 Å². The molecule has 1 aliphatic rings.